The molecule has 1 aromatic carbocycles. The zero-order valence-corrected chi connectivity index (χ0v) is 12.4. The summed E-state index contributed by atoms with van der Waals surface area (Å²) in [7, 11) is -3.57. The van der Waals surface area contributed by atoms with Crippen LogP contribution in [0.3, 0.4) is 0 Å². The monoisotopic (exact) mass is 310 g/mol. The third-order valence-electron chi connectivity index (χ3n) is 3.56. The second kappa shape index (κ2) is 6.54. The Morgan fingerprint density at radius 3 is 2.43 bits per heavy atom. The molecule has 0 radical (unpaired) electrons. The van der Waals surface area contributed by atoms with Gasteiger partial charge in [-0.1, -0.05) is 12.1 Å². The number of hydrogen-bond donors (Lipinski definition) is 2. The molecule has 0 atom stereocenters. The molecule has 1 aliphatic rings. The Morgan fingerprint density at radius 1 is 1.29 bits per heavy atom. The van der Waals surface area contributed by atoms with Gasteiger partial charge in [0.15, 0.2) is 0 Å². The molecular formula is C14H18N2O4S. The molecule has 1 heterocycles. The normalized spacial score (nSPS) is 18.1. The van der Waals surface area contributed by atoms with Gasteiger partial charge in [0.2, 0.25) is 10.0 Å². The average molecular weight is 310 g/mol. The highest BCUT2D eigenvalue weighted by Gasteiger charge is 2.35. The molecule has 0 bridgehead atoms. The molecule has 1 fully saturated rings. The van der Waals surface area contributed by atoms with Gasteiger partial charge in [-0.2, -0.15) is 5.26 Å². The van der Waals surface area contributed by atoms with E-state index in [2.05, 4.69) is 4.72 Å². The van der Waals surface area contributed by atoms with E-state index in [1.807, 2.05) is 6.07 Å². The molecule has 0 amide bonds. The highest BCUT2D eigenvalue weighted by atomic mass is 32.2. The summed E-state index contributed by atoms with van der Waals surface area (Å²) in [6.45, 7) is 0.614. The van der Waals surface area contributed by atoms with Gasteiger partial charge in [-0.15, -0.1) is 0 Å². The van der Waals surface area contributed by atoms with E-state index in [1.165, 1.54) is 0 Å². The van der Waals surface area contributed by atoms with E-state index in [0.717, 1.165) is 0 Å². The van der Waals surface area contributed by atoms with Crippen LogP contribution in [0.25, 0.3) is 0 Å². The van der Waals surface area contributed by atoms with E-state index in [1.54, 1.807) is 24.3 Å². The Kier molecular flexibility index (Phi) is 4.96. The van der Waals surface area contributed by atoms with Crippen LogP contribution in [-0.2, 0) is 20.5 Å². The summed E-state index contributed by atoms with van der Waals surface area (Å²) in [5, 5.41) is 18.2. The molecule has 0 aromatic heterocycles. The highest BCUT2D eigenvalue weighted by Crippen LogP contribution is 2.22. The highest BCUT2D eigenvalue weighted by molar-refractivity contribution is 7.88. The van der Waals surface area contributed by atoms with Crippen LogP contribution in [-0.4, -0.2) is 38.9 Å². The van der Waals surface area contributed by atoms with Crippen LogP contribution in [0.1, 0.15) is 24.0 Å². The average Bonchev–Trinajstić information content (AvgIpc) is 2.48. The van der Waals surface area contributed by atoms with Crippen molar-refractivity contribution in [2.75, 3.05) is 19.8 Å². The molecule has 2 N–H and O–H groups in total. The van der Waals surface area contributed by atoms with Gasteiger partial charge in [0.05, 0.1) is 29.5 Å². The van der Waals surface area contributed by atoms with Gasteiger partial charge in [0.25, 0.3) is 0 Å². The van der Waals surface area contributed by atoms with Crippen LogP contribution >= 0.6 is 0 Å². The minimum atomic E-state index is -3.57. The van der Waals surface area contributed by atoms with Crippen LogP contribution in [0, 0.1) is 11.3 Å². The molecule has 1 aromatic rings. The van der Waals surface area contributed by atoms with E-state index in [4.69, 9.17) is 10.00 Å². The van der Waals surface area contributed by atoms with Crippen LogP contribution in [0.4, 0.5) is 0 Å². The Bertz CT molecular complexity index is 613. The van der Waals surface area contributed by atoms with Crippen LogP contribution in [0.15, 0.2) is 24.3 Å². The molecule has 0 spiro atoms. The molecule has 1 aliphatic heterocycles. The summed E-state index contributed by atoms with van der Waals surface area (Å²) in [5.41, 5.74) is 0.256. The zero-order chi connectivity index (χ0) is 15.3. The predicted octanol–water partition coefficient (Wildman–Crippen LogP) is 0.519. The number of aliphatic hydroxyl groups excluding tert-OH is 1. The van der Waals surface area contributed by atoms with Crippen molar-refractivity contribution in [3.05, 3.63) is 35.4 Å². The molecule has 114 valence electrons. The van der Waals surface area contributed by atoms with Crippen molar-refractivity contribution in [3.63, 3.8) is 0 Å². The Morgan fingerprint density at radius 2 is 1.90 bits per heavy atom. The maximum absolute atomic E-state index is 12.3. The maximum Gasteiger partial charge on any atom is 0.216 e. The fourth-order valence-corrected chi connectivity index (χ4v) is 3.95. The van der Waals surface area contributed by atoms with E-state index < -0.39 is 15.6 Å². The molecule has 6 nitrogen and oxygen atoms in total. The van der Waals surface area contributed by atoms with Crippen molar-refractivity contribution in [3.8, 4) is 6.07 Å². The smallest absolute Gasteiger partial charge is 0.216 e. The number of hydrogen-bond acceptors (Lipinski definition) is 5. The quantitative estimate of drug-likeness (QED) is 0.826. The van der Waals surface area contributed by atoms with Gasteiger partial charge >= 0.3 is 0 Å². The fourth-order valence-electron chi connectivity index (χ4n) is 2.32. The van der Waals surface area contributed by atoms with Crippen molar-refractivity contribution in [1.82, 2.24) is 4.72 Å². The van der Waals surface area contributed by atoms with Crippen LogP contribution in [0.5, 0.6) is 0 Å². The van der Waals surface area contributed by atoms with Crippen molar-refractivity contribution >= 4 is 10.0 Å². The zero-order valence-electron chi connectivity index (χ0n) is 11.6. The number of sulfonamides is 1. The first-order valence-corrected chi connectivity index (χ1v) is 8.33. The first-order valence-electron chi connectivity index (χ1n) is 6.68. The van der Waals surface area contributed by atoms with Gasteiger partial charge in [0.1, 0.15) is 0 Å². The number of nitriles is 1. The number of nitrogens with one attached hydrogen (secondary N) is 1. The molecule has 0 aliphatic carbocycles. The van der Waals surface area contributed by atoms with Crippen molar-refractivity contribution in [2.24, 2.45) is 0 Å². The molecule has 7 heteroatoms. The number of nitrogens with zero attached hydrogens (tertiary/aromatic N) is 1. The SMILES string of the molecule is N#Cc1ccc(CS(=O)(=O)NC2(CO)CCOCC2)cc1. The number of aliphatic hydroxyl groups is 1. The van der Waals surface area contributed by atoms with Crippen molar-refractivity contribution in [1.29, 1.82) is 5.26 Å². The largest absolute Gasteiger partial charge is 0.394 e. The molecule has 21 heavy (non-hydrogen) atoms. The van der Waals surface area contributed by atoms with Gasteiger partial charge in [-0.25, -0.2) is 13.1 Å². The minimum Gasteiger partial charge on any atom is -0.394 e. The first kappa shape index (κ1) is 15.9. The lowest BCUT2D eigenvalue weighted by Gasteiger charge is -2.35. The third-order valence-corrected chi connectivity index (χ3v) is 5.02. The molecule has 2 rings (SSSR count). The van der Waals surface area contributed by atoms with E-state index >= 15 is 0 Å². The molecule has 0 unspecified atom stereocenters. The Labute approximate surface area is 124 Å². The summed E-state index contributed by atoms with van der Waals surface area (Å²) in [4.78, 5) is 0. The van der Waals surface area contributed by atoms with Gasteiger partial charge in [-0.3, -0.25) is 0 Å². The van der Waals surface area contributed by atoms with Crippen LogP contribution < -0.4 is 4.72 Å². The van der Waals surface area contributed by atoms with Gasteiger partial charge in [-0.05, 0) is 30.5 Å². The Hall–Kier alpha value is -1.46. The third kappa shape index (κ3) is 4.25. The molecular weight excluding hydrogens is 292 g/mol. The summed E-state index contributed by atoms with van der Waals surface area (Å²) in [6.07, 6.45) is 0.909. The maximum atomic E-state index is 12.3. The second-order valence-corrected chi connectivity index (χ2v) is 6.94. The number of benzene rings is 1. The van der Waals surface area contributed by atoms with Gasteiger partial charge < -0.3 is 9.84 Å². The lowest BCUT2D eigenvalue weighted by Crippen LogP contribution is -2.54. The Balaban J connectivity index is 2.08. The standard InChI is InChI=1S/C14H18N2O4S/c15-9-12-1-3-13(4-2-12)10-21(18,19)16-14(11-17)5-7-20-8-6-14/h1-4,16-17H,5-8,10-11H2. The van der Waals surface area contributed by atoms with E-state index in [0.29, 0.717) is 37.2 Å². The molecule has 1 saturated heterocycles. The van der Waals surface area contributed by atoms with Crippen molar-refractivity contribution in [2.45, 2.75) is 24.1 Å². The second-order valence-electron chi connectivity index (χ2n) is 5.22. The summed E-state index contributed by atoms with van der Waals surface area (Å²) in [5.74, 6) is -0.179. The number of rotatable bonds is 5. The van der Waals surface area contributed by atoms with E-state index in [-0.39, 0.29) is 12.4 Å². The van der Waals surface area contributed by atoms with Crippen molar-refractivity contribution < 1.29 is 18.3 Å². The summed E-state index contributed by atoms with van der Waals surface area (Å²) < 4.78 is 32.3. The number of ether oxygens (including phenoxy) is 1. The fraction of sp³-hybridized carbons (Fsp3) is 0.500. The van der Waals surface area contributed by atoms with Crippen LogP contribution in [0.2, 0.25) is 0 Å². The lowest BCUT2D eigenvalue weighted by molar-refractivity contribution is 0.0222. The lowest BCUT2D eigenvalue weighted by atomic mass is 9.93. The van der Waals surface area contributed by atoms with E-state index in [9.17, 15) is 13.5 Å². The summed E-state index contributed by atoms with van der Waals surface area (Å²) >= 11 is 0. The molecule has 0 saturated carbocycles. The topological polar surface area (TPSA) is 99.4 Å². The summed E-state index contributed by atoms with van der Waals surface area (Å²) in [6, 6.07) is 8.39. The first-order chi connectivity index (χ1) is 9.99. The minimum absolute atomic E-state index is 0.179. The predicted molar refractivity (Wildman–Crippen MR) is 76.8 cm³/mol. The van der Waals surface area contributed by atoms with Gasteiger partial charge in [0, 0.05) is 13.2 Å².